The van der Waals surface area contributed by atoms with Crippen LogP contribution in [0, 0.1) is 0 Å². The van der Waals surface area contributed by atoms with Crippen LogP contribution in [0.1, 0.15) is 10.5 Å². The second kappa shape index (κ2) is 9.22. The van der Waals surface area contributed by atoms with Crippen molar-refractivity contribution in [3.05, 3.63) is 58.0 Å². The Morgan fingerprint density at radius 3 is 2.62 bits per heavy atom. The number of carbonyl (C=O) groups is 1. The monoisotopic (exact) mass is 542 g/mol. The number of benzene rings is 1. The van der Waals surface area contributed by atoms with Gasteiger partial charge in [-0.3, -0.25) is 9.48 Å². The van der Waals surface area contributed by atoms with E-state index in [9.17, 15) is 13.2 Å². The van der Waals surface area contributed by atoms with Crippen LogP contribution in [0.15, 0.2) is 52.2 Å². The van der Waals surface area contributed by atoms with Crippen LogP contribution in [0.3, 0.4) is 0 Å². The molecule has 3 heterocycles. The highest BCUT2D eigenvalue weighted by Crippen LogP contribution is 2.28. The number of piperazine rings is 1. The Hall–Kier alpha value is -2.41. The molecule has 3 aromatic rings. The van der Waals surface area contributed by atoms with Crippen LogP contribution in [0.25, 0.3) is 0 Å². The number of hydrogen-bond acceptors (Lipinski definition) is 6. The molecule has 0 saturated carbocycles. The molecule has 4 rings (SSSR count). The highest BCUT2D eigenvalue weighted by Gasteiger charge is 2.31. The second-order valence-electron chi connectivity index (χ2n) is 7.13. The first-order valence-electron chi connectivity index (χ1n) is 9.63. The summed E-state index contributed by atoms with van der Waals surface area (Å²) in [7, 11) is -1.97. The Bertz CT molecular complexity index is 1240. The number of sulfonamides is 1. The van der Waals surface area contributed by atoms with E-state index < -0.39 is 10.0 Å². The lowest BCUT2D eigenvalue weighted by Crippen LogP contribution is -2.50. The lowest BCUT2D eigenvalue weighted by atomic mass is 10.3. The molecular formula is C19H20BrClN6O4S. The quantitative estimate of drug-likeness (QED) is 0.472. The first-order chi connectivity index (χ1) is 15.2. The van der Waals surface area contributed by atoms with Crippen molar-refractivity contribution in [1.29, 1.82) is 0 Å². The first-order valence-corrected chi connectivity index (χ1v) is 12.2. The Kier molecular flexibility index (Phi) is 6.56. The lowest BCUT2D eigenvalue weighted by Gasteiger charge is -2.33. The van der Waals surface area contributed by atoms with Crippen LogP contribution in [-0.4, -0.2) is 69.3 Å². The number of aryl methyl sites for hydroxylation is 1. The molecule has 0 spiro atoms. The smallest absolute Gasteiger partial charge is 0.274 e. The van der Waals surface area contributed by atoms with Crippen molar-refractivity contribution in [3.8, 4) is 5.75 Å². The third-order valence-electron chi connectivity index (χ3n) is 4.95. The molecule has 1 amide bonds. The number of hydrogen-bond donors (Lipinski definition) is 0. The van der Waals surface area contributed by atoms with E-state index in [1.54, 1.807) is 42.4 Å². The molecule has 0 atom stereocenters. The third kappa shape index (κ3) is 4.82. The second-order valence-corrected chi connectivity index (χ2v) is 10.4. The SMILES string of the molecule is Cn1cc(S(=O)(=O)N2CCN(C(=O)c3ccn(COc4ccc(Cl)cc4Br)n3)CC2)cn1. The van der Waals surface area contributed by atoms with Gasteiger partial charge in [0, 0.05) is 50.6 Å². The fraction of sp³-hybridized carbons (Fsp3) is 0.316. The molecule has 1 aromatic carbocycles. The maximum absolute atomic E-state index is 12.8. The van der Waals surface area contributed by atoms with Gasteiger partial charge in [-0.25, -0.2) is 13.1 Å². The van der Waals surface area contributed by atoms with Gasteiger partial charge >= 0.3 is 0 Å². The Morgan fingerprint density at radius 2 is 1.97 bits per heavy atom. The molecule has 0 N–H and O–H groups in total. The summed E-state index contributed by atoms with van der Waals surface area (Å²) in [4.78, 5) is 14.6. The molecule has 2 aromatic heterocycles. The summed E-state index contributed by atoms with van der Waals surface area (Å²) in [5.41, 5.74) is 0.271. The predicted molar refractivity (Wildman–Crippen MR) is 120 cm³/mol. The number of halogens is 2. The Labute approximate surface area is 198 Å². The van der Waals surface area contributed by atoms with Crippen molar-refractivity contribution in [2.75, 3.05) is 26.2 Å². The molecule has 0 unspecified atom stereocenters. The van der Waals surface area contributed by atoms with E-state index >= 15 is 0 Å². The topological polar surface area (TPSA) is 103 Å². The van der Waals surface area contributed by atoms with E-state index in [1.807, 2.05) is 0 Å². The van der Waals surface area contributed by atoms with E-state index in [-0.39, 0.29) is 49.4 Å². The third-order valence-corrected chi connectivity index (χ3v) is 7.66. The van der Waals surface area contributed by atoms with E-state index in [1.165, 1.54) is 26.1 Å². The van der Waals surface area contributed by atoms with Crippen LogP contribution in [0.2, 0.25) is 5.02 Å². The van der Waals surface area contributed by atoms with Gasteiger partial charge in [0.2, 0.25) is 10.0 Å². The van der Waals surface area contributed by atoms with Crippen molar-refractivity contribution < 1.29 is 17.9 Å². The number of rotatable bonds is 6. The largest absolute Gasteiger partial charge is 0.470 e. The van der Waals surface area contributed by atoms with Gasteiger partial charge in [0.15, 0.2) is 12.4 Å². The molecule has 1 aliphatic rings. The van der Waals surface area contributed by atoms with Gasteiger partial charge in [-0.1, -0.05) is 11.6 Å². The Balaban J connectivity index is 1.34. The predicted octanol–water partition coefficient (Wildman–Crippen LogP) is 2.22. The zero-order chi connectivity index (χ0) is 22.9. The molecule has 32 heavy (non-hydrogen) atoms. The maximum atomic E-state index is 12.8. The van der Waals surface area contributed by atoms with E-state index in [2.05, 4.69) is 26.1 Å². The minimum atomic E-state index is -3.63. The van der Waals surface area contributed by atoms with E-state index in [0.717, 1.165) is 0 Å². The summed E-state index contributed by atoms with van der Waals surface area (Å²) in [6.45, 7) is 1.08. The molecule has 0 radical (unpaired) electrons. The van der Waals surface area contributed by atoms with Gasteiger partial charge in [-0.15, -0.1) is 0 Å². The molecule has 0 aliphatic carbocycles. The fourth-order valence-corrected chi connectivity index (χ4v) is 5.46. The van der Waals surface area contributed by atoms with E-state index in [4.69, 9.17) is 16.3 Å². The molecule has 1 saturated heterocycles. The average Bonchev–Trinajstić information content (AvgIpc) is 3.42. The average molecular weight is 544 g/mol. The van der Waals surface area contributed by atoms with Gasteiger partial charge in [0.25, 0.3) is 5.91 Å². The van der Waals surface area contributed by atoms with Crippen LogP contribution in [0.4, 0.5) is 0 Å². The normalized spacial score (nSPS) is 15.2. The Morgan fingerprint density at radius 1 is 1.22 bits per heavy atom. The van der Waals surface area contributed by atoms with Crippen molar-refractivity contribution in [2.24, 2.45) is 7.05 Å². The fourth-order valence-electron chi connectivity index (χ4n) is 3.25. The van der Waals surface area contributed by atoms with Gasteiger partial charge in [0.05, 0.1) is 10.7 Å². The molecule has 10 nitrogen and oxygen atoms in total. The molecular weight excluding hydrogens is 524 g/mol. The zero-order valence-corrected chi connectivity index (χ0v) is 20.2. The molecule has 170 valence electrons. The minimum Gasteiger partial charge on any atom is -0.470 e. The summed E-state index contributed by atoms with van der Waals surface area (Å²) in [5, 5.41) is 8.79. The summed E-state index contributed by atoms with van der Waals surface area (Å²) in [5.74, 6) is 0.346. The highest BCUT2D eigenvalue weighted by molar-refractivity contribution is 9.10. The summed E-state index contributed by atoms with van der Waals surface area (Å²) in [6, 6.07) is 6.79. The first kappa shape index (κ1) is 22.8. The van der Waals surface area contributed by atoms with Gasteiger partial charge in [-0.2, -0.15) is 14.5 Å². The number of nitrogens with zero attached hydrogens (tertiary/aromatic N) is 6. The van der Waals surface area contributed by atoms with Crippen molar-refractivity contribution >= 4 is 43.5 Å². The van der Waals surface area contributed by atoms with Crippen molar-refractivity contribution in [3.63, 3.8) is 0 Å². The van der Waals surface area contributed by atoms with E-state index in [0.29, 0.717) is 15.2 Å². The summed E-state index contributed by atoms with van der Waals surface area (Å²) >= 11 is 9.31. The molecule has 1 aliphatic heterocycles. The highest BCUT2D eigenvalue weighted by atomic mass is 79.9. The van der Waals surface area contributed by atoms with Crippen LogP contribution >= 0.6 is 27.5 Å². The number of aromatic nitrogens is 4. The number of amides is 1. The standard InChI is InChI=1S/C19H20BrClN6O4S/c1-24-12-15(11-22-24)32(29,30)27-8-6-25(7-9-27)19(28)17-4-5-26(23-17)13-31-18-3-2-14(21)10-16(18)20/h2-5,10-12H,6-9,13H2,1H3. The van der Waals surface area contributed by atoms with Gasteiger partial charge < -0.3 is 9.64 Å². The van der Waals surface area contributed by atoms with Crippen molar-refractivity contribution in [1.82, 2.24) is 28.8 Å². The van der Waals surface area contributed by atoms with Crippen LogP contribution < -0.4 is 4.74 Å². The molecule has 1 fully saturated rings. The lowest BCUT2D eigenvalue weighted by molar-refractivity contribution is 0.0690. The van der Waals surface area contributed by atoms with Gasteiger partial charge in [0.1, 0.15) is 10.6 Å². The number of carbonyl (C=O) groups excluding carboxylic acids is 1. The van der Waals surface area contributed by atoms with Gasteiger partial charge in [-0.05, 0) is 40.2 Å². The number of ether oxygens (including phenoxy) is 1. The minimum absolute atomic E-state index is 0.116. The summed E-state index contributed by atoms with van der Waals surface area (Å²) in [6.07, 6.45) is 4.44. The molecule has 0 bridgehead atoms. The molecule has 13 heteroatoms. The van der Waals surface area contributed by atoms with Crippen LogP contribution in [-0.2, 0) is 23.8 Å². The van der Waals surface area contributed by atoms with Crippen molar-refractivity contribution in [2.45, 2.75) is 11.6 Å². The summed E-state index contributed by atoms with van der Waals surface area (Å²) < 4.78 is 36.2. The van der Waals surface area contributed by atoms with Crippen LogP contribution in [0.5, 0.6) is 5.75 Å². The maximum Gasteiger partial charge on any atom is 0.274 e. The zero-order valence-electron chi connectivity index (χ0n) is 17.1.